The minimum absolute atomic E-state index is 0.124. The SMILES string of the molecule is C/C=C(\N=C(C)c1c(C)cccc1F)C(C)=O. The van der Waals surface area contributed by atoms with Crippen LogP contribution in [0.1, 0.15) is 31.9 Å². The molecule has 3 heteroatoms. The van der Waals surface area contributed by atoms with Crippen LogP contribution in [0, 0.1) is 12.7 Å². The van der Waals surface area contributed by atoms with Gasteiger partial charge in [0.15, 0.2) is 5.78 Å². The second-order valence-corrected chi connectivity index (χ2v) is 3.86. The largest absolute Gasteiger partial charge is 0.293 e. The molecule has 0 amide bonds. The van der Waals surface area contributed by atoms with E-state index < -0.39 is 0 Å². The Bertz CT molecular complexity index is 481. The highest BCUT2D eigenvalue weighted by Gasteiger charge is 2.10. The molecule has 0 radical (unpaired) electrons. The van der Waals surface area contributed by atoms with Gasteiger partial charge >= 0.3 is 0 Å². The van der Waals surface area contributed by atoms with Crippen molar-refractivity contribution in [1.82, 2.24) is 0 Å². The number of aryl methyl sites for hydroxylation is 1. The number of Topliss-reactive ketones (excluding diaryl/α,β-unsaturated/α-hetero) is 1. The summed E-state index contributed by atoms with van der Waals surface area (Å²) in [7, 11) is 0. The van der Waals surface area contributed by atoms with Gasteiger partial charge in [-0.1, -0.05) is 18.2 Å². The number of ketones is 1. The number of carbonyl (C=O) groups excluding carboxylic acids is 1. The van der Waals surface area contributed by atoms with Gasteiger partial charge < -0.3 is 0 Å². The highest BCUT2D eigenvalue weighted by atomic mass is 19.1. The lowest BCUT2D eigenvalue weighted by molar-refractivity contribution is -0.113. The molecule has 0 saturated carbocycles. The zero-order valence-corrected chi connectivity index (χ0v) is 10.5. The molecule has 1 aromatic carbocycles. The van der Waals surface area contributed by atoms with E-state index in [-0.39, 0.29) is 11.6 Å². The van der Waals surface area contributed by atoms with Crippen molar-refractivity contribution in [3.63, 3.8) is 0 Å². The number of aliphatic imine (C=N–C) groups is 1. The number of nitrogens with zero attached hydrogens (tertiary/aromatic N) is 1. The van der Waals surface area contributed by atoms with E-state index in [0.717, 1.165) is 5.56 Å². The van der Waals surface area contributed by atoms with Gasteiger partial charge in [0.2, 0.25) is 0 Å². The number of benzene rings is 1. The van der Waals surface area contributed by atoms with Gasteiger partial charge in [0.25, 0.3) is 0 Å². The van der Waals surface area contributed by atoms with Crippen LogP contribution in [0.4, 0.5) is 4.39 Å². The predicted molar refractivity (Wildman–Crippen MR) is 67.8 cm³/mol. The molecule has 0 spiro atoms. The molecule has 0 aromatic heterocycles. The van der Waals surface area contributed by atoms with Gasteiger partial charge in [0, 0.05) is 18.2 Å². The molecule has 0 aliphatic rings. The first-order valence-electron chi connectivity index (χ1n) is 5.45. The molecule has 0 fully saturated rings. The normalized spacial score (nSPS) is 12.8. The van der Waals surface area contributed by atoms with Crippen LogP contribution in [0.3, 0.4) is 0 Å². The van der Waals surface area contributed by atoms with Crippen LogP contribution < -0.4 is 0 Å². The second-order valence-electron chi connectivity index (χ2n) is 3.86. The van der Waals surface area contributed by atoms with Gasteiger partial charge in [-0.25, -0.2) is 9.38 Å². The molecule has 1 aromatic rings. The van der Waals surface area contributed by atoms with E-state index in [1.807, 2.05) is 13.0 Å². The van der Waals surface area contributed by atoms with Crippen LogP contribution in [0.5, 0.6) is 0 Å². The Morgan fingerprint density at radius 1 is 1.35 bits per heavy atom. The van der Waals surface area contributed by atoms with E-state index in [9.17, 15) is 9.18 Å². The number of halogens is 1. The van der Waals surface area contributed by atoms with Crippen molar-refractivity contribution in [3.05, 3.63) is 46.9 Å². The Labute approximate surface area is 101 Å². The molecule has 90 valence electrons. The molecule has 2 nitrogen and oxygen atoms in total. The standard InChI is InChI=1S/C14H16FNO/c1-5-13(11(4)17)16-10(3)14-9(2)7-6-8-12(14)15/h5-8H,1-4H3/b13-5-,16-10?. The zero-order chi connectivity index (χ0) is 13.0. The van der Waals surface area contributed by atoms with Crippen LogP contribution >= 0.6 is 0 Å². The molecule has 0 aliphatic heterocycles. The summed E-state index contributed by atoms with van der Waals surface area (Å²) < 4.78 is 13.7. The maximum atomic E-state index is 13.7. The molecule has 0 atom stereocenters. The van der Waals surface area contributed by atoms with Gasteiger partial charge in [-0.15, -0.1) is 0 Å². The minimum atomic E-state index is -0.315. The van der Waals surface area contributed by atoms with Crippen molar-refractivity contribution in [2.45, 2.75) is 27.7 Å². The lowest BCUT2D eigenvalue weighted by Crippen LogP contribution is -2.04. The summed E-state index contributed by atoms with van der Waals surface area (Å²) in [5, 5.41) is 0. The first kappa shape index (κ1) is 13.3. The maximum Gasteiger partial charge on any atom is 0.177 e. The van der Waals surface area contributed by atoms with E-state index in [1.165, 1.54) is 13.0 Å². The summed E-state index contributed by atoms with van der Waals surface area (Å²) >= 11 is 0. The summed E-state index contributed by atoms with van der Waals surface area (Å²) in [6, 6.07) is 4.87. The molecule has 0 saturated heterocycles. The summed E-state index contributed by atoms with van der Waals surface area (Å²) in [4.78, 5) is 15.4. The molecule has 0 unspecified atom stereocenters. The Morgan fingerprint density at radius 2 is 2.00 bits per heavy atom. The smallest absolute Gasteiger partial charge is 0.177 e. The Hall–Kier alpha value is -1.77. The number of carbonyl (C=O) groups is 1. The number of hydrogen-bond acceptors (Lipinski definition) is 2. The number of rotatable bonds is 3. The summed E-state index contributed by atoms with van der Waals surface area (Å²) in [6.07, 6.45) is 1.63. The maximum absolute atomic E-state index is 13.7. The first-order chi connectivity index (χ1) is 7.97. The fourth-order valence-corrected chi connectivity index (χ4v) is 1.67. The van der Waals surface area contributed by atoms with Gasteiger partial charge in [0.05, 0.1) is 0 Å². The molecule has 0 N–H and O–H groups in total. The summed E-state index contributed by atoms with van der Waals surface area (Å²) in [5.41, 5.74) is 2.15. The highest BCUT2D eigenvalue weighted by molar-refractivity contribution is 6.04. The van der Waals surface area contributed by atoms with Crippen LogP contribution in [0.25, 0.3) is 0 Å². The second kappa shape index (κ2) is 5.53. The van der Waals surface area contributed by atoms with Crippen LogP contribution in [0.2, 0.25) is 0 Å². The van der Waals surface area contributed by atoms with Gasteiger partial charge in [-0.05, 0) is 32.4 Å². The highest BCUT2D eigenvalue weighted by Crippen LogP contribution is 2.15. The van der Waals surface area contributed by atoms with Crippen LogP contribution in [-0.4, -0.2) is 11.5 Å². The topological polar surface area (TPSA) is 29.4 Å². The fraction of sp³-hybridized carbons (Fsp3) is 0.286. The molecule has 1 rings (SSSR count). The van der Waals surface area contributed by atoms with E-state index in [4.69, 9.17) is 0 Å². The van der Waals surface area contributed by atoms with Crippen molar-refractivity contribution in [3.8, 4) is 0 Å². The lowest BCUT2D eigenvalue weighted by Gasteiger charge is -2.07. The summed E-state index contributed by atoms with van der Waals surface area (Å²) in [5.74, 6) is -0.439. The lowest BCUT2D eigenvalue weighted by atomic mass is 10.0. The number of hydrogen-bond donors (Lipinski definition) is 0. The van der Waals surface area contributed by atoms with Gasteiger partial charge in [-0.3, -0.25) is 4.79 Å². The fourth-order valence-electron chi connectivity index (χ4n) is 1.67. The van der Waals surface area contributed by atoms with E-state index >= 15 is 0 Å². The molecular formula is C14H16FNO. The molecule has 17 heavy (non-hydrogen) atoms. The quantitative estimate of drug-likeness (QED) is 0.581. The first-order valence-corrected chi connectivity index (χ1v) is 5.45. The van der Waals surface area contributed by atoms with Crippen molar-refractivity contribution >= 4 is 11.5 Å². The Kier molecular flexibility index (Phi) is 4.32. The third-order valence-electron chi connectivity index (χ3n) is 2.51. The van der Waals surface area contributed by atoms with Crippen molar-refractivity contribution < 1.29 is 9.18 Å². The zero-order valence-electron chi connectivity index (χ0n) is 10.5. The monoisotopic (exact) mass is 233 g/mol. The van der Waals surface area contributed by atoms with Crippen molar-refractivity contribution in [2.24, 2.45) is 4.99 Å². The predicted octanol–water partition coefficient (Wildman–Crippen LogP) is 3.44. The van der Waals surface area contributed by atoms with Gasteiger partial charge in [0.1, 0.15) is 11.5 Å². The molecule has 0 bridgehead atoms. The Balaban J connectivity index is 3.25. The Morgan fingerprint density at radius 3 is 2.47 bits per heavy atom. The molecule has 0 aliphatic carbocycles. The van der Waals surface area contributed by atoms with Gasteiger partial charge in [-0.2, -0.15) is 0 Å². The van der Waals surface area contributed by atoms with Crippen molar-refractivity contribution in [2.75, 3.05) is 0 Å². The van der Waals surface area contributed by atoms with E-state index in [2.05, 4.69) is 4.99 Å². The average molecular weight is 233 g/mol. The summed E-state index contributed by atoms with van der Waals surface area (Å²) in [6.45, 7) is 6.71. The van der Waals surface area contributed by atoms with E-state index in [0.29, 0.717) is 17.0 Å². The van der Waals surface area contributed by atoms with E-state index in [1.54, 1.807) is 26.0 Å². The van der Waals surface area contributed by atoms with Crippen molar-refractivity contribution in [1.29, 1.82) is 0 Å². The number of allylic oxidation sites excluding steroid dienone is 2. The third kappa shape index (κ3) is 3.09. The molecular weight excluding hydrogens is 217 g/mol. The average Bonchev–Trinajstić information content (AvgIpc) is 2.25. The van der Waals surface area contributed by atoms with Crippen LogP contribution in [-0.2, 0) is 4.79 Å². The molecule has 0 heterocycles. The third-order valence-corrected chi connectivity index (χ3v) is 2.51. The van der Waals surface area contributed by atoms with Crippen LogP contribution in [0.15, 0.2) is 35.0 Å². The minimum Gasteiger partial charge on any atom is -0.293 e.